The number of rotatable bonds is 6. The van der Waals surface area contributed by atoms with Crippen molar-refractivity contribution in [3.05, 3.63) is 23.8 Å². The Kier molecular flexibility index (Phi) is 3.79. The second-order valence-electron chi connectivity index (χ2n) is 5.53. The molecule has 0 radical (unpaired) electrons. The van der Waals surface area contributed by atoms with Gasteiger partial charge in [0, 0.05) is 6.54 Å². The first-order valence-electron chi connectivity index (χ1n) is 7.01. The monoisotopic (exact) mass is 315 g/mol. The summed E-state index contributed by atoms with van der Waals surface area (Å²) in [5.41, 5.74) is -0.550. The molecule has 1 fully saturated rings. The van der Waals surface area contributed by atoms with Gasteiger partial charge in [0.05, 0.1) is 5.75 Å². The Hall–Kier alpha value is -1.34. The van der Waals surface area contributed by atoms with Gasteiger partial charge in [-0.25, -0.2) is 17.5 Å². The molecule has 0 saturated heterocycles. The van der Waals surface area contributed by atoms with Crippen molar-refractivity contribution in [2.24, 2.45) is 0 Å². The van der Waals surface area contributed by atoms with Crippen LogP contribution in [0.4, 0.5) is 4.39 Å². The van der Waals surface area contributed by atoms with E-state index in [0.717, 1.165) is 5.56 Å². The van der Waals surface area contributed by atoms with Gasteiger partial charge < -0.3 is 9.47 Å². The first kappa shape index (κ1) is 14.6. The maximum atomic E-state index is 13.5. The first-order chi connectivity index (χ1) is 9.96. The summed E-state index contributed by atoms with van der Waals surface area (Å²) < 4.78 is 50.2. The molecule has 21 heavy (non-hydrogen) atoms. The summed E-state index contributed by atoms with van der Waals surface area (Å²) in [6.45, 7) is 1.30. The molecule has 5 nitrogen and oxygen atoms in total. The summed E-state index contributed by atoms with van der Waals surface area (Å²) >= 11 is 0. The minimum Gasteiger partial charge on any atom is -0.486 e. The molecule has 1 heterocycles. The number of halogens is 1. The van der Waals surface area contributed by atoms with Crippen molar-refractivity contribution in [1.82, 2.24) is 4.72 Å². The highest BCUT2D eigenvalue weighted by atomic mass is 32.2. The average molecular weight is 315 g/mol. The molecule has 0 bridgehead atoms. The molecular formula is C14H18FNO4S. The Morgan fingerprint density at radius 3 is 2.62 bits per heavy atom. The fourth-order valence-corrected chi connectivity index (χ4v) is 3.75. The molecule has 1 aromatic carbocycles. The summed E-state index contributed by atoms with van der Waals surface area (Å²) in [7, 11) is -3.55. The molecule has 1 aliphatic carbocycles. The van der Waals surface area contributed by atoms with Crippen LogP contribution < -0.4 is 14.2 Å². The molecule has 0 spiro atoms. The summed E-state index contributed by atoms with van der Waals surface area (Å²) in [6.07, 6.45) is 1.21. The van der Waals surface area contributed by atoms with Gasteiger partial charge in [-0.3, -0.25) is 0 Å². The van der Waals surface area contributed by atoms with Crippen molar-refractivity contribution in [3.8, 4) is 11.5 Å². The van der Waals surface area contributed by atoms with Gasteiger partial charge in [0.25, 0.3) is 0 Å². The zero-order chi connectivity index (χ0) is 14.9. The number of fused-ring (bicyclic) bond motifs is 1. The molecule has 0 unspecified atom stereocenters. The molecule has 0 aromatic heterocycles. The smallest absolute Gasteiger partial charge is 0.214 e. The third-order valence-corrected chi connectivity index (χ3v) is 5.12. The Morgan fingerprint density at radius 1 is 1.19 bits per heavy atom. The van der Waals surface area contributed by atoms with Gasteiger partial charge in [-0.2, -0.15) is 0 Å². The van der Waals surface area contributed by atoms with Gasteiger partial charge in [-0.15, -0.1) is 0 Å². The predicted molar refractivity (Wildman–Crippen MR) is 76.0 cm³/mol. The van der Waals surface area contributed by atoms with E-state index < -0.39 is 21.4 Å². The lowest BCUT2D eigenvalue weighted by atomic mass is 10.1. The molecule has 0 amide bonds. The van der Waals surface area contributed by atoms with Gasteiger partial charge in [0.1, 0.15) is 18.9 Å². The van der Waals surface area contributed by atoms with E-state index in [1.165, 1.54) is 0 Å². The van der Waals surface area contributed by atoms with Gasteiger partial charge in [-0.1, -0.05) is 6.07 Å². The number of ether oxygens (including phenoxy) is 2. The zero-order valence-electron chi connectivity index (χ0n) is 11.6. The summed E-state index contributed by atoms with van der Waals surface area (Å²) in [4.78, 5) is 0. The lowest BCUT2D eigenvalue weighted by Crippen LogP contribution is -2.32. The molecule has 0 atom stereocenters. The number of benzene rings is 1. The highest BCUT2D eigenvalue weighted by Gasteiger charge is 2.46. The van der Waals surface area contributed by atoms with Crippen molar-refractivity contribution in [3.63, 3.8) is 0 Å². The average Bonchev–Trinajstić information content (AvgIpc) is 3.14. The lowest BCUT2D eigenvalue weighted by Gasteiger charge is -2.18. The van der Waals surface area contributed by atoms with Gasteiger partial charge in [-0.05, 0) is 37.0 Å². The van der Waals surface area contributed by atoms with Crippen LogP contribution >= 0.6 is 0 Å². The van der Waals surface area contributed by atoms with Gasteiger partial charge >= 0.3 is 0 Å². The van der Waals surface area contributed by atoms with Gasteiger partial charge in [0.15, 0.2) is 11.5 Å². The molecule has 3 rings (SSSR count). The van der Waals surface area contributed by atoms with E-state index in [1.54, 1.807) is 0 Å². The van der Waals surface area contributed by atoms with Crippen LogP contribution in [-0.2, 0) is 16.4 Å². The Balaban J connectivity index is 1.53. The molecule has 1 saturated carbocycles. The minimum absolute atomic E-state index is 0.248. The predicted octanol–water partition coefficient (Wildman–Crippen LogP) is 1.42. The highest BCUT2D eigenvalue weighted by molar-refractivity contribution is 7.89. The first-order valence-corrected chi connectivity index (χ1v) is 8.66. The topological polar surface area (TPSA) is 64.6 Å². The molecule has 7 heteroatoms. The fraction of sp³-hybridized carbons (Fsp3) is 0.571. The maximum Gasteiger partial charge on any atom is 0.214 e. The Labute approximate surface area is 123 Å². The molecule has 116 valence electrons. The molecule has 1 N–H and O–H groups in total. The van der Waals surface area contributed by atoms with Crippen LogP contribution in [0.15, 0.2) is 18.2 Å². The SMILES string of the molecule is O=S(=O)(CC1(F)CC1)NCCc1ccc2c(c1)OCCO2. The number of hydrogen-bond donors (Lipinski definition) is 1. The molecular weight excluding hydrogens is 297 g/mol. The van der Waals surface area contributed by atoms with Crippen molar-refractivity contribution < 1.29 is 22.3 Å². The van der Waals surface area contributed by atoms with Crippen LogP contribution in [0.2, 0.25) is 0 Å². The van der Waals surface area contributed by atoms with Crippen LogP contribution in [0.25, 0.3) is 0 Å². The number of nitrogens with one attached hydrogen (secondary N) is 1. The van der Waals surface area contributed by atoms with E-state index in [4.69, 9.17) is 9.47 Å². The Bertz CT molecular complexity index is 628. The number of sulfonamides is 1. The van der Waals surface area contributed by atoms with E-state index >= 15 is 0 Å². The molecule has 2 aliphatic rings. The Morgan fingerprint density at radius 2 is 1.90 bits per heavy atom. The highest BCUT2D eigenvalue weighted by Crippen LogP contribution is 2.40. The van der Waals surface area contributed by atoms with E-state index in [2.05, 4.69) is 4.72 Å². The van der Waals surface area contributed by atoms with Crippen LogP contribution in [-0.4, -0.2) is 39.6 Å². The summed E-state index contributed by atoms with van der Waals surface area (Å²) in [5, 5.41) is 0. The zero-order valence-corrected chi connectivity index (χ0v) is 12.4. The lowest BCUT2D eigenvalue weighted by molar-refractivity contribution is 0.171. The van der Waals surface area contributed by atoms with Crippen molar-refractivity contribution in [2.75, 3.05) is 25.5 Å². The van der Waals surface area contributed by atoms with Crippen molar-refractivity contribution in [2.45, 2.75) is 24.9 Å². The fourth-order valence-electron chi connectivity index (χ4n) is 2.27. The van der Waals surface area contributed by atoms with E-state index in [0.29, 0.717) is 44.0 Å². The van der Waals surface area contributed by atoms with E-state index in [-0.39, 0.29) is 6.54 Å². The number of hydrogen-bond acceptors (Lipinski definition) is 4. The van der Waals surface area contributed by atoms with Crippen LogP contribution in [0.5, 0.6) is 11.5 Å². The molecule has 1 aromatic rings. The number of alkyl halides is 1. The third-order valence-electron chi connectivity index (χ3n) is 3.58. The maximum absolute atomic E-state index is 13.5. The quantitative estimate of drug-likeness (QED) is 0.862. The molecule has 1 aliphatic heterocycles. The van der Waals surface area contributed by atoms with E-state index in [9.17, 15) is 12.8 Å². The van der Waals surface area contributed by atoms with Crippen LogP contribution in [0.3, 0.4) is 0 Å². The van der Waals surface area contributed by atoms with Gasteiger partial charge in [0.2, 0.25) is 10.0 Å². The van der Waals surface area contributed by atoms with Crippen molar-refractivity contribution in [1.29, 1.82) is 0 Å². The third kappa shape index (κ3) is 3.85. The van der Waals surface area contributed by atoms with Crippen molar-refractivity contribution >= 4 is 10.0 Å². The standard InChI is InChI=1S/C14H18FNO4S/c15-14(4-5-14)10-21(17,18)16-6-3-11-1-2-12-13(9-11)20-8-7-19-12/h1-2,9,16H,3-8,10H2. The normalized spacial score (nSPS) is 19.3. The minimum atomic E-state index is -3.55. The van der Waals surface area contributed by atoms with E-state index in [1.807, 2.05) is 18.2 Å². The summed E-state index contributed by atoms with van der Waals surface area (Å²) in [6, 6.07) is 5.54. The second kappa shape index (κ2) is 5.46. The summed E-state index contributed by atoms with van der Waals surface area (Å²) in [5.74, 6) is 0.960. The van der Waals surface area contributed by atoms with Crippen LogP contribution in [0.1, 0.15) is 18.4 Å². The largest absolute Gasteiger partial charge is 0.486 e. The second-order valence-corrected chi connectivity index (χ2v) is 7.34. The van der Waals surface area contributed by atoms with Crippen LogP contribution in [0, 0.1) is 0 Å².